The third-order valence-corrected chi connectivity index (χ3v) is 3.97. The number of carbonyl (C=O) groups is 2. The normalized spacial score (nSPS) is 19.4. The Balaban J connectivity index is 2.23. The minimum absolute atomic E-state index is 0.121. The van der Waals surface area contributed by atoms with Crippen molar-refractivity contribution in [1.82, 2.24) is 4.90 Å². The maximum Gasteiger partial charge on any atom is 0.310 e. The summed E-state index contributed by atoms with van der Waals surface area (Å²) in [6, 6.07) is 0. The van der Waals surface area contributed by atoms with Gasteiger partial charge in [-0.3, -0.25) is 9.59 Å². The van der Waals surface area contributed by atoms with Gasteiger partial charge in [-0.05, 0) is 18.6 Å². The third kappa shape index (κ3) is 4.58. The van der Waals surface area contributed by atoms with Crippen molar-refractivity contribution in [3.63, 3.8) is 0 Å². The van der Waals surface area contributed by atoms with Crippen LogP contribution in [0, 0.1) is 5.92 Å². The Labute approximate surface area is 107 Å². The van der Waals surface area contributed by atoms with Crippen LogP contribution in [0.15, 0.2) is 0 Å². The number of rotatable bonds is 6. The molecule has 0 spiro atoms. The summed E-state index contributed by atoms with van der Waals surface area (Å²) in [4.78, 5) is 24.9. The van der Waals surface area contributed by atoms with Crippen molar-refractivity contribution in [3.05, 3.63) is 0 Å². The van der Waals surface area contributed by atoms with Gasteiger partial charge in [0.2, 0.25) is 5.91 Å². The van der Waals surface area contributed by atoms with Gasteiger partial charge in [-0.2, -0.15) is 11.8 Å². The van der Waals surface area contributed by atoms with Gasteiger partial charge in [0.1, 0.15) is 0 Å². The molecule has 1 aliphatic heterocycles. The van der Waals surface area contributed by atoms with Crippen LogP contribution in [0.3, 0.4) is 0 Å². The highest BCUT2D eigenvalue weighted by molar-refractivity contribution is 7.99. The van der Waals surface area contributed by atoms with Crippen LogP contribution in [0.5, 0.6) is 0 Å². The molecule has 1 aliphatic rings. The summed E-state index contributed by atoms with van der Waals surface area (Å²) in [6.07, 6.45) is 3.05. The second-order valence-corrected chi connectivity index (χ2v) is 5.36. The summed E-state index contributed by atoms with van der Waals surface area (Å²) in [6.45, 7) is 3.36. The van der Waals surface area contributed by atoms with E-state index in [1.165, 1.54) is 7.11 Å². The quantitative estimate of drug-likeness (QED) is 0.536. The van der Waals surface area contributed by atoms with Crippen LogP contribution in [0.25, 0.3) is 0 Å². The molecular formula is C12H21NO3S. The number of esters is 1. The average Bonchev–Trinajstić information content (AvgIpc) is 2.83. The first-order chi connectivity index (χ1) is 8.19. The highest BCUT2D eigenvalue weighted by Crippen LogP contribution is 2.18. The Morgan fingerprint density at radius 3 is 2.88 bits per heavy atom. The van der Waals surface area contributed by atoms with E-state index in [1.54, 1.807) is 16.7 Å². The molecule has 0 bridgehead atoms. The first kappa shape index (κ1) is 14.4. The van der Waals surface area contributed by atoms with Crippen molar-refractivity contribution >= 4 is 23.6 Å². The smallest absolute Gasteiger partial charge is 0.310 e. The molecule has 1 amide bonds. The number of likely N-dealkylation sites (tertiary alicyclic amines) is 1. The lowest BCUT2D eigenvalue weighted by atomic mass is 10.1. The van der Waals surface area contributed by atoms with Crippen molar-refractivity contribution in [2.45, 2.75) is 26.2 Å². The SMILES string of the molecule is CCCCSCC(=O)N1CCC(C(=O)OC)C1. The summed E-state index contributed by atoms with van der Waals surface area (Å²) in [5.74, 6) is 1.41. The number of thioether (sulfide) groups is 1. The monoisotopic (exact) mass is 259 g/mol. The fourth-order valence-electron chi connectivity index (χ4n) is 1.84. The van der Waals surface area contributed by atoms with E-state index in [9.17, 15) is 9.59 Å². The first-order valence-corrected chi connectivity index (χ1v) is 7.27. The third-order valence-electron chi connectivity index (χ3n) is 2.94. The lowest BCUT2D eigenvalue weighted by Gasteiger charge is -2.15. The van der Waals surface area contributed by atoms with Crippen LogP contribution >= 0.6 is 11.8 Å². The Morgan fingerprint density at radius 1 is 1.47 bits per heavy atom. The molecule has 1 rings (SSSR count). The minimum atomic E-state index is -0.195. The summed E-state index contributed by atoms with van der Waals surface area (Å²) in [5.41, 5.74) is 0. The number of unbranched alkanes of at least 4 members (excludes halogenated alkanes) is 1. The molecule has 17 heavy (non-hydrogen) atoms. The van der Waals surface area contributed by atoms with Gasteiger partial charge in [0.05, 0.1) is 18.8 Å². The van der Waals surface area contributed by atoms with E-state index < -0.39 is 0 Å². The Hall–Kier alpha value is -0.710. The zero-order valence-electron chi connectivity index (χ0n) is 10.6. The van der Waals surface area contributed by atoms with E-state index in [0.717, 1.165) is 25.0 Å². The molecule has 0 saturated carbocycles. The number of hydrogen-bond donors (Lipinski definition) is 0. The fraction of sp³-hybridized carbons (Fsp3) is 0.833. The second-order valence-electron chi connectivity index (χ2n) is 4.25. The van der Waals surface area contributed by atoms with Crippen LogP contribution in [-0.2, 0) is 14.3 Å². The second kappa shape index (κ2) is 7.58. The van der Waals surface area contributed by atoms with Crippen molar-refractivity contribution in [3.8, 4) is 0 Å². The first-order valence-electron chi connectivity index (χ1n) is 6.12. The minimum Gasteiger partial charge on any atom is -0.469 e. The summed E-state index contributed by atoms with van der Waals surface area (Å²) in [7, 11) is 1.40. The predicted octanol–water partition coefficient (Wildman–Crippen LogP) is 1.54. The molecule has 1 atom stereocenters. The van der Waals surface area contributed by atoms with Gasteiger partial charge >= 0.3 is 5.97 Å². The molecular weight excluding hydrogens is 238 g/mol. The molecule has 0 radical (unpaired) electrons. The highest BCUT2D eigenvalue weighted by atomic mass is 32.2. The molecule has 0 aromatic carbocycles. The molecule has 4 nitrogen and oxygen atoms in total. The van der Waals surface area contributed by atoms with Gasteiger partial charge in [-0.25, -0.2) is 0 Å². The van der Waals surface area contributed by atoms with E-state index in [2.05, 4.69) is 6.92 Å². The van der Waals surface area contributed by atoms with E-state index in [-0.39, 0.29) is 17.8 Å². The Bertz CT molecular complexity index is 270. The Kier molecular flexibility index (Phi) is 6.40. The lowest BCUT2D eigenvalue weighted by Crippen LogP contribution is -2.31. The van der Waals surface area contributed by atoms with E-state index in [4.69, 9.17) is 4.74 Å². The number of hydrogen-bond acceptors (Lipinski definition) is 4. The molecule has 1 fully saturated rings. The van der Waals surface area contributed by atoms with E-state index in [1.807, 2.05) is 0 Å². The molecule has 0 aromatic heterocycles. The fourth-order valence-corrected chi connectivity index (χ4v) is 2.84. The van der Waals surface area contributed by atoms with Gasteiger partial charge < -0.3 is 9.64 Å². The van der Waals surface area contributed by atoms with Crippen LogP contribution < -0.4 is 0 Å². The molecule has 0 aliphatic carbocycles. The molecule has 98 valence electrons. The zero-order chi connectivity index (χ0) is 12.7. The van der Waals surface area contributed by atoms with Gasteiger partial charge in [-0.15, -0.1) is 0 Å². The standard InChI is InChI=1S/C12H21NO3S/c1-3-4-7-17-9-11(14)13-6-5-10(8-13)12(15)16-2/h10H,3-9H2,1-2H3. The van der Waals surface area contributed by atoms with Crippen LogP contribution in [0.1, 0.15) is 26.2 Å². The highest BCUT2D eigenvalue weighted by Gasteiger charge is 2.31. The van der Waals surface area contributed by atoms with E-state index >= 15 is 0 Å². The van der Waals surface area contributed by atoms with Crippen LogP contribution in [0.4, 0.5) is 0 Å². The number of methoxy groups -OCH3 is 1. The molecule has 0 aromatic rings. The lowest BCUT2D eigenvalue weighted by molar-refractivity contribution is -0.145. The molecule has 1 unspecified atom stereocenters. The number of nitrogens with zero attached hydrogens (tertiary/aromatic N) is 1. The van der Waals surface area contributed by atoms with E-state index in [0.29, 0.717) is 18.8 Å². The van der Waals surface area contributed by atoms with Crippen LogP contribution in [-0.4, -0.2) is 48.5 Å². The van der Waals surface area contributed by atoms with Crippen molar-refractivity contribution in [2.24, 2.45) is 5.92 Å². The topological polar surface area (TPSA) is 46.6 Å². The number of carbonyl (C=O) groups excluding carboxylic acids is 2. The predicted molar refractivity (Wildman–Crippen MR) is 68.9 cm³/mol. The maximum atomic E-state index is 11.8. The molecule has 1 heterocycles. The summed E-state index contributed by atoms with van der Waals surface area (Å²) >= 11 is 1.68. The molecule has 0 N–H and O–H groups in total. The maximum absolute atomic E-state index is 11.8. The van der Waals surface area contributed by atoms with Gasteiger partial charge in [0.25, 0.3) is 0 Å². The van der Waals surface area contributed by atoms with Crippen LogP contribution in [0.2, 0.25) is 0 Å². The average molecular weight is 259 g/mol. The van der Waals surface area contributed by atoms with Crippen molar-refractivity contribution in [1.29, 1.82) is 0 Å². The van der Waals surface area contributed by atoms with Gasteiger partial charge in [0.15, 0.2) is 0 Å². The van der Waals surface area contributed by atoms with Crippen molar-refractivity contribution < 1.29 is 14.3 Å². The van der Waals surface area contributed by atoms with Crippen molar-refractivity contribution in [2.75, 3.05) is 31.7 Å². The molecule has 5 heteroatoms. The zero-order valence-corrected chi connectivity index (χ0v) is 11.4. The Morgan fingerprint density at radius 2 is 2.24 bits per heavy atom. The van der Waals surface area contributed by atoms with Gasteiger partial charge in [-0.1, -0.05) is 13.3 Å². The number of amides is 1. The largest absolute Gasteiger partial charge is 0.469 e. The summed E-state index contributed by atoms with van der Waals surface area (Å²) in [5, 5.41) is 0. The number of ether oxygens (including phenoxy) is 1. The molecule has 1 saturated heterocycles. The van der Waals surface area contributed by atoms with Gasteiger partial charge in [0, 0.05) is 13.1 Å². The summed E-state index contributed by atoms with van der Waals surface area (Å²) < 4.78 is 4.69.